The van der Waals surface area contributed by atoms with Gasteiger partial charge in [-0.2, -0.15) is 0 Å². The maximum Gasteiger partial charge on any atom is 0.255 e. The minimum Gasteiger partial charge on any atom is -0.376 e. The first kappa shape index (κ1) is 8.55. The fraction of sp³-hybridized carbons (Fsp3) is 0.750. The molecule has 0 aliphatic rings. The summed E-state index contributed by atoms with van der Waals surface area (Å²) in [4.78, 5) is 1.12. The third kappa shape index (κ3) is 4.08. The van der Waals surface area contributed by atoms with E-state index >= 15 is 0 Å². The molecule has 2 N–H and O–H groups in total. The van der Waals surface area contributed by atoms with E-state index in [4.69, 9.17) is 5.73 Å². The van der Waals surface area contributed by atoms with E-state index in [-0.39, 0.29) is 5.11 Å². The molecule has 0 saturated heterocycles. The highest BCUT2D eigenvalue weighted by atomic mass is 32.1. The maximum atomic E-state index is 11.5. The molecule has 5 heteroatoms. The lowest BCUT2D eigenvalue weighted by Gasteiger charge is -2.14. The van der Waals surface area contributed by atoms with Crippen molar-refractivity contribution in [3.8, 4) is 0 Å². The summed E-state index contributed by atoms with van der Waals surface area (Å²) in [5.41, 5.74) is 5.01. The van der Waals surface area contributed by atoms with Gasteiger partial charge < -0.3 is 10.6 Å². The van der Waals surface area contributed by atoms with Crippen molar-refractivity contribution in [2.45, 2.75) is 6.43 Å². The largest absolute Gasteiger partial charge is 0.376 e. The molecule has 0 spiro atoms. The van der Waals surface area contributed by atoms with Crippen LogP contribution < -0.4 is 5.73 Å². The van der Waals surface area contributed by atoms with Crippen molar-refractivity contribution in [1.82, 2.24) is 4.90 Å². The number of nitrogens with two attached hydrogens (primary N) is 1. The lowest BCUT2D eigenvalue weighted by molar-refractivity contribution is 0.124. The van der Waals surface area contributed by atoms with E-state index in [1.165, 1.54) is 7.05 Å². The summed E-state index contributed by atoms with van der Waals surface area (Å²) in [5.74, 6) is 0. The highest BCUT2D eigenvalue weighted by Gasteiger charge is 2.06. The molecule has 0 radical (unpaired) electrons. The number of nitrogens with zero attached hydrogens (tertiary/aromatic N) is 1. The highest BCUT2D eigenvalue weighted by Crippen LogP contribution is 1.94. The fourth-order valence-electron chi connectivity index (χ4n) is 0.297. The van der Waals surface area contributed by atoms with Crippen molar-refractivity contribution < 1.29 is 8.78 Å². The number of hydrogen-bond acceptors (Lipinski definition) is 1. The van der Waals surface area contributed by atoms with Crippen molar-refractivity contribution in [2.24, 2.45) is 5.73 Å². The molecule has 0 bridgehead atoms. The molecule has 0 unspecified atom stereocenters. The smallest absolute Gasteiger partial charge is 0.255 e. The van der Waals surface area contributed by atoms with Gasteiger partial charge in [0.05, 0.1) is 6.54 Å². The molecule has 0 amide bonds. The normalized spacial score (nSPS) is 9.78. The summed E-state index contributed by atoms with van der Waals surface area (Å²) in [6.07, 6.45) is -2.38. The van der Waals surface area contributed by atoms with Gasteiger partial charge in [0.1, 0.15) is 0 Å². The maximum absolute atomic E-state index is 11.5. The highest BCUT2D eigenvalue weighted by molar-refractivity contribution is 7.80. The topological polar surface area (TPSA) is 29.3 Å². The summed E-state index contributed by atoms with van der Waals surface area (Å²) in [5, 5.41) is -0.00435. The van der Waals surface area contributed by atoms with Crippen molar-refractivity contribution in [3.63, 3.8) is 0 Å². The van der Waals surface area contributed by atoms with Crippen LogP contribution in [0.5, 0.6) is 0 Å². The Labute approximate surface area is 57.6 Å². The summed E-state index contributed by atoms with van der Waals surface area (Å²) in [6, 6.07) is 0. The van der Waals surface area contributed by atoms with Crippen LogP contribution in [0.25, 0.3) is 0 Å². The van der Waals surface area contributed by atoms with E-state index in [0.29, 0.717) is 0 Å². The first-order valence-corrected chi connectivity index (χ1v) is 2.73. The van der Waals surface area contributed by atoms with E-state index in [2.05, 4.69) is 12.2 Å². The van der Waals surface area contributed by atoms with Crippen LogP contribution in [0.4, 0.5) is 8.78 Å². The summed E-state index contributed by atoms with van der Waals surface area (Å²) in [6.45, 7) is -0.394. The zero-order chi connectivity index (χ0) is 7.44. The molecule has 0 aromatic carbocycles. The Balaban J connectivity index is 3.50. The molecular weight excluding hydrogens is 146 g/mol. The molecule has 0 rings (SSSR count). The van der Waals surface area contributed by atoms with E-state index < -0.39 is 13.0 Å². The second-order valence-corrected chi connectivity index (χ2v) is 2.03. The van der Waals surface area contributed by atoms with Gasteiger partial charge in [0.2, 0.25) is 0 Å². The number of hydrogen-bond donors (Lipinski definition) is 1. The number of thiocarbonyl (C=S) groups is 1. The molecule has 0 aliphatic heterocycles. The van der Waals surface area contributed by atoms with E-state index in [1.807, 2.05) is 0 Å². The van der Waals surface area contributed by atoms with Gasteiger partial charge in [0, 0.05) is 7.05 Å². The van der Waals surface area contributed by atoms with Gasteiger partial charge in [-0.1, -0.05) is 0 Å². The van der Waals surface area contributed by atoms with Gasteiger partial charge in [-0.15, -0.1) is 0 Å². The number of halogens is 2. The van der Waals surface area contributed by atoms with Crippen LogP contribution in [-0.2, 0) is 0 Å². The van der Waals surface area contributed by atoms with Crippen LogP contribution in [-0.4, -0.2) is 30.0 Å². The van der Waals surface area contributed by atoms with Crippen LogP contribution >= 0.6 is 12.2 Å². The molecular formula is C4H8F2N2S. The number of rotatable bonds is 2. The minimum atomic E-state index is -2.38. The molecule has 0 fully saturated rings. The molecule has 0 aromatic rings. The van der Waals surface area contributed by atoms with Gasteiger partial charge in [0.15, 0.2) is 5.11 Å². The Kier molecular flexibility index (Phi) is 3.37. The summed E-state index contributed by atoms with van der Waals surface area (Å²) >= 11 is 4.41. The molecule has 54 valence electrons. The first-order chi connectivity index (χ1) is 4.04. The minimum absolute atomic E-state index is 0.00435. The Hall–Kier alpha value is -0.450. The van der Waals surface area contributed by atoms with E-state index in [9.17, 15) is 8.78 Å². The van der Waals surface area contributed by atoms with Gasteiger partial charge in [-0.25, -0.2) is 8.78 Å². The average Bonchev–Trinajstić information content (AvgIpc) is 1.63. The predicted octanol–water partition coefficient (Wildman–Crippen LogP) is 0.427. The van der Waals surface area contributed by atoms with Crippen LogP contribution in [0.3, 0.4) is 0 Å². The molecule has 0 atom stereocenters. The zero-order valence-electron chi connectivity index (χ0n) is 4.97. The van der Waals surface area contributed by atoms with Crippen LogP contribution in [0, 0.1) is 0 Å². The quantitative estimate of drug-likeness (QED) is 0.585. The lowest BCUT2D eigenvalue weighted by atomic mass is 10.6. The summed E-state index contributed by atoms with van der Waals surface area (Å²) < 4.78 is 23.0. The Morgan fingerprint density at radius 1 is 1.78 bits per heavy atom. The summed E-state index contributed by atoms with van der Waals surface area (Å²) in [7, 11) is 1.43. The third-order valence-electron chi connectivity index (χ3n) is 0.788. The standard InChI is InChI=1S/C4H8F2N2S/c1-8(4(7)9)2-3(5)6/h3H,2H2,1H3,(H2,7,9). The van der Waals surface area contributed by atoms with Gasteiger partial charge in [0.25, 0.3) is 6.43 Å². The Morgan fingerprint density at radius 3 is 2.33 bits per heavy atom. The van der Waals surface area contributed by atoms with Crippen molar-refractivity contribution in [1.29, 1.82) is 0 Å². The molecule has 0 aliphatic carbocycles. The lowest BCUT2D eigenvalue weighted by Crippen LogP contribution is -2.35. The number of alkyl halides is 2. The van der Waals surface area contributed by atoms with Crippen LogP contribution in [0.1, 0.15) is 0 Å². The molecule has 0 saturated carbocycles. The SMILES string of the molecule is CN(CC(F)F)C(N)=S. The zero-order valence-corrected chi connectivity index (χ0v) is 5.79. The van der Waals surface area contributed by atoms with Gasteiger partial charge in [-0.3, -0.25) is 0 Å². The van der Waals surface area contributed by atoms with E-state index in [0.717, 1.165) is 4.90 Å². The van der Waals surface area contributed by atoms with Crippen LogP contribution in [0.2, 0.25) is 0 Å². The van der Waals surface area contributed by atoms with Crippen molar-refractivity contribution >= 4 is 17.3 Å². The Morgan fingerprint density at radius 2 is 2.22 bits per heavy atom. The van der Waals surface area contributed by atoms with Crippen molar-refractivity contribution in [3.05, 3.63) is 0 Å². The van der Waals surface area contributed by atoms with Crippen molar-refractivity contribution in [2.75, 3.05) is 13.6 Å². The monoisotopic (exact) mass is 154 g/mol. The molecule has 0 aromatic heterocycles. The fourth-order valence-corrected chi connectivity index (χ4v) is 0.372. The molecule has 2 nitrogen and oxygen atoms in total. The van der Waals surface area contributed by atoms with Crippen LogP contribution in [0.15, 0.2) is 0 Å². The molecule has 0 heterocycles. The van der Waals surface area contributed by atoms with Gasteiger partial charge >= 0.3 is 0 Å². The molecule has 9 heavy (non-hydrogen) atoms. The Bertz CT molecular complexity index is 107. The van der Waals surface area contributed by atoms with E-state index in [1.54, 1.807) is 0 Å². The first-order valence-electron chi connectivity index (χ1n) is 2.32. The average molecular weight is 154 g/mol. The second kappa shape index (κ2) is 3.55. The predicted molar refractivity (Wildman–Crippen MR) is 35.4 cm³/mol. The second-order valence-electron chi connectivity index (χ2n) is 1.61. The van der Waals surface area contributed by atoms with Gasteiger partial charge in [-0.05, 0) is 12.2 Å². The third-order valence-corrected chi connectivity index (χ3v) is 1.10.